The Morgan fingerprint density at radius 2 is 2.15 bits per heavy atom. The number of piperidine rings is 1. The number of nitrogens with one attached hydrogen (secondary N) is 1. The smallest absolute Gasteiger partial charge is 0.222 e. The molecular weight excluding hydrogens is 252 g/mol. The summed E-state index contributed by atoms with van der Waals surface area (Å²) in [7, 11) is 0. The maximum absolute atomic E-state index is 11.6. The van der Waals surface area contributed by atoms with Crippen molar-refractivity contribution in [2.75, 3.05) is 26.2 Å². The molecule has 2 aliphatic heterocycles. The maximum Gasteiger partial charge on any atom is 0.222 e. The number of aromatic amines is 1. The molecule has 0 aliphatic carbocycles. The summed E-state index contributed by atoms with van der Waals surface area (Å²) in [6.45, 7) is 5.20. The van der Waals surface area contributed by atoms with Crippen molar-refractivity contribution in [1.29, 1.82) is 0 Å². The van der Waals surface area contributed by atoms with Gasteiger partial charge in [-0.15, -0.1) is 0 Å². The number of carbonyl (C=O) groups excluding carboxylic acids is 1. The number of imidazole rings is 1. The third-order valence-electron chi connectivity index (χ3n) is 4.61. The van der Waals surface area contributed by atoms with Crippen LogP contribution in [0.4, 0.5) is 0 Å². The van der Waals surface area contributed by atoms with Crippen LogP contribution < -0.4 is 0 Å². The van der Waals surface area contributed by atoms with Gasteiger partial charge in [-0.25, -0.2) is 4.98 Å². The molecule has 20 heavy (non-hydrogen) atoms. The average molecular weight is 276 g/mol. The van der Waals surface area contributed by atoms with Crippen LogP contribution in [0.2, 0.25) is 0 Å². The Morgan fingerprint density at radius 3 is 2.80 bits per heavy atom. The van der Waals surface area contributed by atoms with E-state index in [1.807, 2.05) is 12.4 Å². The second-order valence-electron chi connectivity index (χ2n) is 6.03. The molecule has 0 saturated carbocycles. The molecule has 2 fully saturated rings. The van der Waals surface area contributed by atoms with Gasteiger partial charge in [0.15, 0.2) is 0 Å². The summed E-state index contributed by atoms with van der Waals surface area (Å²) in [6, 6.07) is 0. The lowest BCUT2D eigenvalue weighted by Crippen LogP contribution is -2.35. The van der Waals surface area contributed by atoms with E-state index in [1.165, 1.54) is 19.3 Å². The molecule has 0 atom stereocenters. The highest BCUT2D eigenvalue weighted by molar-refractivity contribution is 5.77. The molecular formula is C15H24N4O. The van der Waals surface area contributed by atoms with E-state index in [-0.39, 0.29) is 0 Å². The van der Waals surface area contributed by atoms with Crippen molar-refractivity contribution >= 4 is 5.91 Å². The van der Waals surface area contributed by atoms with Crippen molar-refractivity contribution in [3.05, 3.63) is 18.2 Å². The lowest BCUT2D eigenvalue weighted by atomic mass is 9.93. The molecule has 5 heteroatoms. The molecule has 3 heterocycles. The SMILES string of the molecule is O=C1CCCN1CCC1CCN(Cc2ncc[nH]2)CC1. The largest absolute Gasteiger partial charge is 0.348 e. The minimum absolute atomic E-state index is 0.361. The summed E-state index contributed by atoms with van der Waals surface area (Å²) in [5.41, 5.74) is 0. The third-order valence-corrected chi connectivity index (χ3v) is 4.61. The van der Waals surface area contributed by atoms with E-state index in [0.717, 1.165) is 57.3 Å². The number of rotatable bonds is 5. The first-order chi connectivity index (χ1) is 9.81. The van der Waals surface area contributed by atoms with E-state index in [9.17, 15) is 4.79 Å². The van der Waals surface area contributed by atoms with Gasteiger partial charge in [-0.2, -0.15) is 0 Å². The van der Waals surface area contributed by atoms with Crippen molar-refractivity contribution in [3.63, 3.8) is 0 Å². The molecule has 0 unspecified atom stereocenters. The van der Waals surface area contributed by atoms with E-state index < -0.39 is 0 Å². The quantitative estimate of drug-likeness (QED) is 0.889. The predicted octanol–water partition coefficient (Wildman–Crippen LogP) is 1.63. The van der Waals surface area contributed by atoms with Gasteiger partial charge in [0.1, 0.15) is 5.82 Å². The zero-order chi connectivity index (χ0) is 13.8. The van der Waals surface area contributed by atoms with Gasteiger partial charge in [-0.05, 0) is 44.7 Å². The number of aromatic nitrogens is 2. The molecule has 0 spiro atoms. The first-order valence-electron chi connectivity index (χ1n) is 7.79. The van der Waals surface area contributed by atoms with Crippen LogP contribution in [0.15, 0.2) is 12.4 Å². The number of hydrogen-bond acceptors (Lipinski definition) is 3. The molecule has 3 rings (SSSR count). The second kappa shape index (κ2) is 6.39. The molecule has 2 aliphatic rings. The number of carbonyl (C=O) groups is 1. The molecule has 110 valence electrons. The minimum Gasteiger partial charge on any atom is -0.348 e. The highest BCUT2D eigenvalue weighted by Gasteiger charge is 2.23. The fraction of sp³-hybridized carbons (Fsp3) is 0.733. The normalized spacial score (nSPS) is 21.8. The van der Waals surface area contributed by atoms with Crippen LogP contribution in [-0.4, -0.2) is 51.9 Å². The van der Waals surface area contributed by atoms with Crippen LogP contribution in [0.25, 0.3) is 0 Å². The van der Waals surface area contributed by atoms with Gasteiger partial charge < -0.3 is 9.88 Å². The Kier molecular flexibility index (Phi) is 4.35. The van der Waals surface area contributed by atoms with Crippen LogP contribution in [-0.2, 0) is 11.3 Å². The van der Waals surface area contributed by atoms with Gasteiger partial charge in [0.25, 0.3) is 0 Å². The van der Waals surface area contributed by atoms with E-state index in [2.05, 4.69) is 19.8 Å². The van der Waals surface area contributed by atoms with Crippen LogP contribution in [0.3, 0.4) is 0 Å². The predicted molar refractivity (Wildman–Crippen MR) is 77.0 cm³/mol. The Balaban J connectivity index is 1.37. The fourth-order valence-electron chi connectivity index (χ4n) is 3.31. The van der Waals surface area contributed by atoms with E-state index >= 15 is 0 Å². The van der Waals surface area contributed by atoms with Gasteiger partial charge in [-0.3, -0.25) is 9.69 Å². The van der Waals surface area contributed by atoms with E-state index in [1.54, 1.807) is 0 Å². The molecule has 0 aromatic carbocycles. The highest BCUT2D eigenvalue weighted by atomic mass is 16.2. The lowest BCUT2D eigenvalue weighted by molar-refractivity contribution is -0.127. The van der Waals surface area contributed by atoms with Crippen LogP contribution in [0.1, 0.15) is 37.9 Å². The second-order valence-corrected chi connectivity index (χ2v) is 6.03. The molecule has 1 amide bonds. The van der Waals surface area contributed by atoms with Gasteiger partial charge >= 0.3 is 0 Å². The monoisotopic (exact) mass is 276 g/mol. The molecule has 0 bridgehead atoms. The zero-order valence-corrected chi connectivity index (χ0v) is 12.1. The number of likely N-dealkylation sites (tertiary alicyclic amines) is 2. The fourth-order valence-corrected chi connectivity index (χ4v) is 3.31. The first kappa shape index (κ1) is 13.6. The first-order valence-corrected chi connectivity index (χ1v) is 7.79. The molecule has 5 nitrogen and oxygen atoms in total. The van der Waals surface area contributed by atoms with Crippen LogP contribution in [0, 0.1) is 5.92 Å². The minimum atomic E-state index is 0.361. The Bertz CT molecular complexity index is 423. The summed E-state index contributed by atoms with van der Waals surface area (Å²) in [4.78, 5) is 23.6. The third kappa shape index (κ3) is 3.39. The maximum atomic E-state index is 11.6. The Hall–Kier alpha value is -1.36. The summed E-state index contributed by atoms with van der Waals surface area (Å²) in [5.74, 6) is 2.21. The van der Waals surface area contributed by atoms with Gasteiger partial charge in [0.2, 0.25) is 5.91 Å². The van der Waals surface area contributed by atoms with Crippen molar-refractivity contribution in [2.24, 2.45) is 5.92 Å². The molecule has 1 aromatic rings. The topological polar surface area (TPSA) is 52.2 Å². The van der Waals surface area contributed by atoms with Crippen LogP contribution in [0.5, 0.6) is 0 Å². The Labute approximate surface area is 120 Å². The molecule has 1 N–H and O–H groups in total. The van der Waals surface area contributed by atoms with Crippen LogP contribution >= 0.6 is 0 Å². The van der Waals surface area contributed by atoms with Crippen molar-refractivity contribution in [2.45, 2.75) is 38.6 Å². The number of H-pyrrole nitrogens is 1. The van der Waals surface area contributed by atoms with Gasteiger partial charge in [-0.1, -0.05) is 0 Å². The summed E-state index contributed by atoms with van der Waals surface area (Å²) in [6.07, 6.45) is 9.21. The highest BCUT2D eigenvalue weighted by Crippen LogP contribution is 2.22. The Morgan fingerprint density at radius 1 is 1.30 bits per heavy atom. The molecule has 2 saturated heterocycles. The lowest BCUT2D eigenvalue weighted by Gasteiger charge is -2.32. The average Bonchev–Trinajstić information content (AvgIpc) is 3.10. The van der Waals surface area contributed by atoms with Gasteiger partial charge in [0, 0.05) is 31.9 Å². The standard InChI is InChI=1S/C15H24N4O/c20-15-2-1-8-19(15)11-5-13-3-9-18(10-4-13)12-14-16-6-7-17-14/h6-7,13H,1-5,8-12H2,(H,16,17). The van der Waals surface area contributed by atoms with E-state index in [4.69, 9.17) is 0 Å². The zero-order valence-electron chi connectivity index (χ0n) is 12.1. The summed E-state index contributed by atoms with van der Waals surface area (Å²) >= 11 is 0. The summed E-state index contributed by atoms with van der Waals surface area (Å²) < 4.78 is 0. The van der Waals surface area contributed by atoms with Crippen molar-refractivity contribution < 1.29 is 4.79 Å². The van der Waals surface area contributed by atoms with E-state index in [0.29, 0.717) is 5.91 Å². The van der Waals surface area contributed by atoms with Crippen molar-refractivity contribution in [1.82, 2.24) is 19.8 Å². The van der Waals surface area contributed by atoms with Crippen molar-refractivity contribution in [3.8, 4) is 0 Å². The number of amides is 1. The molecule has 1 aromatic heterocycles. The summed E-state index contributed by atoms with van der Waals surface area (Å²) in [5, 5.41) is 0. The number of hydrogen-bond donors (Lipinski definition) is 1. The number of nitrogens with zero attached hydrogens (tertiary/aromatic N) is 3. The molecule has 0 radical (unpaired) electrons. The van der Waals surface area contributed by atoms with Gasteiger partial charge in [0.05, 0.1) is 6.54 Å².